The minimum absolute atomic E-state index is 0.0517. The highest BCUT2D eigenvalue weighted by molar-refractivity contribution is 6.32. The van der Waals surface area contributed by atoms with Gasteiger partial charge in [-0.05, 0) is 57.2 Å². The van der Waals surface area contributed by atoms with E-state index in [-0.39, 0.29) is 17.8 Å². The van der Waals surface area contributed by atoms with Gasteiger partial charge in [0.1, 0.15) is 0 Å². The van der Waals surface area contributed by atoms with Crippen LogP contribution in [0.15, 0.2) is 36.4 Å². The Bertz CT molecular complexity index is 920. The van der Waals surface area contributed by atoms with Crippen molar-refractivity contribution in [2.75, 3.05) is 38.2 Å². The average molecular weight is 431 g/mol. The molecule has 0 N–H and O–H groups in total. The first kappa shape index (κ1) is 22.0. The van der Waals surface area contributed by atoms with Crippen LogP contribution in [0.4, 0.5) is 5.69 Å². The van der Waals surface area contributed by atoms with Gasteiger partial charge in [-0.3, -0.25) is 9.59 Å². The largest absolute Gasteiger partial charge is 0.493 e. The molecule has 1 aliphatic rings. The fourth-order valence-electron chi connectivity index (χ4n) is 3.45. The Morgan fingerprint density at radius 1 is 1.00 bits per heavy atom. The lowest BCUT2D eigenvalue weighted by atomic mass is 10.1. The van der Waals surface area contributed by atoms with Gasteiger partial charge in [0.15, 0.2) is 17.3 Å². The highest BCUT2D eigenvalue weighted by Gasteiger charge is 2.24. The zero-order valence-electron chi connectivity index (χ0n) is 17.8. The highest BCUT2D eigenvalue weighted by atomic mass is 35.5. The summed E-state index contributed by atoms with van der Waals surface area (Å²) in [7, 11) is 1.53. The number of ketones is 1. The van der Waals surface area contributed by atoms with Crippen LogP contribution in [0.3, 0.4) is 0 Å². The molecule has 0 spiro atoms. The predicted molar refractivity (Wildman–Crippen MR) is 118 cm³/mol. The van der Waals surface area contributed by atoms with Crippen molar-refractivity contribution >= 4 is 29.0 Å². The minimum atomic E-state index is -0.0853. The molecule has 0 radical (unpaired) electrons. The number of nitrogens with zero attached hydrogens (tertiary/aromatic N) is 2. The Kier molecular flexibility index (Phi) is 6.87. The molecule has 0 atom stereocenters. The van der Waals surface area contributed by atoms with Gasteiger partial charge in [-0.1, -0.05) is 11.6 Å². The number of piperazine rings is 1. The monoisotopic (exact) mass is 430 g/mol. The molecule has 0 saturated carbocycles. The van der Waals surface area contributed by atoms with E-state index in [4.69, 9.17) is 21.1 Å². The third kappa shape index (κ3) is 4.87. The van der Waals surface area contributed by atoms with Gasteiger partial charge < -0.3 is 19.3 Å². The van der Waals surface area contributed by atoms with Crippen LogP contribution in [-0.4, -0.2) is 56.0 Å². The van der Waals surface area contributed by atoms with Crippen molar-refractivity contribution in [3.8, 4) is 11.5 Å². The number of amides is 1. The van der Waals surface area contributed by atoms with Crippen molar-refractivity contribution < 1.29 is 19.1 Å². The van der Waals surface area contributed by atoms with Crippen molar-refractivity contribution in [3.05, 3.63) is 52.5 Å². The van der Waals surface area contributed by atoms with Crippen molar-refractivity contribution in [1.29, 1.82) is 0 Å². The van der Waals surface area contributed by atoms with Crippen LogP contribution >= 0.6 is 11.6 Å². The number of Topliss-reactive ketones (excluding diaryl/α,β-unsaturated/α-hetero) is 1. The maximum absolute atomic E-state index is 13.0. The van der Waals surface area contributed by atoms with Gasteiger partial charge in [0.05, 0.1) is 18.2 Å². The number of carbonyl (C=O) groups is 2. The minimum Gasteiger partial charge on any atom is -0.493 e. The molecule has 0 unspecified atom stereocenters. The summed E-state index contributed by atoms with van der Waals surface area (Å²) < 4.78 is 11.1. The van der Waals surface area contributed by atoms with E-state index in [2.05, 4.69) is 4.90 Å². The molecule has 1 saturated heterocycles. The second kappa shape index (κ2) is 9.39. The molecule has 0 bridgehead atoms. The molecule has 2 aromatic rings. The van der Waals surface area contributed by atoms with Gasteiger partial charge in [0.25, 0.3) is 5.91 Å². The Morgan fingerprint density at radius 2 is 1.63 bits per heavy atom. The molecule has 1 heterocycles. The topological polar surface area (TPSA) is 59.1 Å². The van der Waals surface area contributed by atoms with Gasteiger partial charge in [-0.15, -0.1) is 0 Å². The Labute approximate surface area is 182 Å². The molecule has 0 aromatic heterocycles. The van der Waals surface area contributed by atoms with Crippen molar-refractivity contribution in [3.63, 3.8) is 0 Å². The molecule has 2 aromatic carbocycles. The number of rotatable bonds is 6. The molecular weight excluding hydrogens is 404 g/mol. The second-order valence-corrected chi connectivity index (χ2v) is 7.95. The molecule has 0 aliphatic carbocycles. The first-order valence-electron chi connectivity index (χ1n) is 9.99. The van der Waals surface area contributed by atoms with Crippen LogP contribution in [0.25, 0.3) is 0 Å². The van der Waals surface area contributed by atoms with Crippen LogP contribution in [0.5, 0.6) is 11.5 Å². The van der Waals surface area contributed by atoms with Crippen molar-refractivity contribution in [1.82, 2.24) is 4.90 Å². The first-order chi connectivity index (χ1) is 14.3. The second-order valence-electron chi connectivity index (χ2n) is 7.54. The lowest BCUT2D eigenvalue weighted by Gasteiger charge is -2.36. The van der Waals surface area contributed by atoms with Gasteiger partial charge >= 0.3 is 0 Å². The van der Waals surface area contributed by atoms with E-state index in [0.717, 1.165) is 5.69 Å². The highest BCUT2D eigenvalue weighted by Crippen LogP contribution is 2.37. The zero-order chi connectivity index (χ0) is 21.8. The summed E-state index contributed by atoms with van der Waals surface area (Å²) in [6.45, 7) is 7.98. The summed E-state index contributed by atoms with van der Waals surface area (Å²) in [4.78, 5) is 28.5. The molecule has 30 heavy (non-hydrogen) atoms. The fraction of sp³-hybridized carbons (Fsp3) is 0.391. The molecule has 6 nitrogen and oxygen atoms in total. The lowest BCUT2D eigenvalue weighted by Crippen LogP contribution is -2.48. The third-order valence-electron chi connectivity index (χ3n) is 5.04. The van der Waals surface area contributed by atoms with E-state index in [0.29, 0.717) is 53.8 Å². The molecule has 1 fully saturated rings. The van der Waals surface area contributed by atoms with Crippen LogP contribution in [0.1, 0.15) is 41.5 Å². The van der Waals surface area contributed by atoms with Crippen LogP contribution in [0.2, 0.25) is 5.02 Å². The number of ether oxygens (including phenoxy) is 2. The third-order valence-corrected chi connectivity index (χ3v) is 5.32. The van der Waals surface area contributed by atoms with Gasteiger partial charge in [-0.2, -0.15) is 0 Å². The number of hydrogen-bond donors (Lipinski definition) is 0. The standard InChI is InChI=1S/C23H27ClN2O4/c1-15(2)30-22-20(24)13-18(14-21(22)29-4)23(28)26-11-9-25(10-12-26)19-7-5-17(6-8-19)16(3)27/h5-8,13-15H,9-12H2,1-4H3. The van der Waals surface area contributed by atoms with E-state index in [1.54, 1.807) is 19.1 Å². The van der Waals surface area contributed by atoms with E-state index in [1.165, 1.54) is 7.11 Å². The first-order valence-corrected chi connectivity index (χ1v) is 10.4. The molecular formula is C23H27ClN2O4. The van der Waals surface area contributed by atoms with E-state index in [1.807, 2.05) is 43.0 Å². The number of benzene rings is 2. The summed E-state index contributed by atoms with van der Waals surface area (Å²) in [5.74, 6) is 0.863. The molecule has 160 valence electrons. The summed E-state index contributed by atoms with van der Waals surface area (Å²) in [5, 5.41) is 0.357. The summed E-state index contributed by atoms with van der Waals surface area (Å²) >= 11 is 6.37. The van der Waals surface area contributed by atoms with E-state index >= 15 is 0 Å². The lowest BCUT2D eigenvalue weighted by molar-refractivity contribution is 0.0746. The number of hydrogen-bond acceptors (Lipinski definition) is 5. The smallest absolute Gasteiger partial charge is 0.254 e. The van der Waals surface area contributed by atoms with Crippen molar-refractivity contribution in [2.45, 2.75) is 26.9 Å². The zero-order valence-corrected chi connectivity index (χ0v) is 18.5. The Morgan fingerprint density at radius 3 is 2.17 bits per heavy atom. The number of carbonyl (C=O) groups excluding carboxylic acids is 2. The Balaban J connectivity index is 1.69. The number of methoxy groups -OCH3 is 1. The quantitative estimate of drug-likeness (QED) is 0.639. The van der Waals surface area contributed by atoms with Crippen LogP contribution in [-0.2, 0) is 0 Å². The number of halogens is 1. The predicted octanol–water partition coefficient (Wildman–Crippen LogP) is 4.30. The normalized spacial score (nSPS) is 14.1. The van der Waals surface area contributed by atoms with Crippen molar-refractivity contribution in [2.24, 2.45) is 0 Å². The maximum atomic E-state index is 13.0. The molecule has 3 rings (SSSR count). The van der Waals surface area contributed by atoms with Gasteiger partial charge in [0.2, 0.25) is 0 Å². The number of anilines is 1. The molecule has 1 amide bonds. The maximum Gasteiger partial charge on any atom is 0.254 e. The SMILES string of the molecule is COc1cc(C(=O)N2CCN(c3ccc(C(C)=O)cc3)CC2)cc(Cl)c1OC(C)C. The summed E-state index contributed by atoms with van der Waals surface area (Å²) in [6, 6.07) is 10.9. The summed E-state index contributed by atoms with van der Waals surface area (Å²) in [5.41, 5.74) is 2.22. The van der Waals surface area contributed by atoms with Crippen LogP contribution in [0, 0.1) is 0 Å². The Hall–Kier alpha value is -2.73. The van der Waals surface area contributed by atoms with E-state index in [9.17, 15) is 9.59 Å². The summed E-state index contributed by atoms with van der Waals surface area (Å²) in [6.07, 6.45) is -0.0597. The molecule has 7 heteroatoms. The van der Waals surface area contributed by atoms with E-state index < -0.39 is 0 Å². The molecule has 1 aliphatic heterocycles. The van der Waals surface area contributed by atoms with Gasteiger partial charge in [0, 0.05) is 43.0 Å². The average Bonchev–Trinajstić information content (AvgIpc) is 2.74. The van der Waals surface area contributed by atoms with Gasteiger partial charge in [-0.25, -0.2) is 0 Å². The van der Waals surface area contributed by atoms with Crippen LogP contribution < -0.4 is 14.4 Å². The fourth-order valence-corrected chi connectivity index (χ4v) is 3.71.